The zero-order chi connectivity index (χ0) is 15.7. The molecule has 0 saturated carbocycles. The Bertz CT molecular complexity index is 622. The van der Waals surface area contributed by atoms with Crippen LogP contribution < -0.4 is 4.74 Å². The topological polar surface area (TPSA) is 49.8 Å². The number of benzene rings is 1. The Morgan fingerprint density at radius 1 is 1.32 bits per heavy atom. The molecule has 1 aromatic rings. The minimum atomic E-state index is -0.682. The predicted octanol–water partition coefficient (Wildman–Crippen LogP) is 3.57. The molecule has 4 nitrogen and oxygen atoms in total. The second-order valence-electron chi connectivity index (χ2n) is 5.79. The fourth-order valence-electron chi connectivity index (χ4n) is 2.98. The molecule has 1 saturated heterocycles. The molecule has 0 radical (unpaired) electrons. The first-order chi connectivity index (χ1) is 10.5. The smallest absolute Gasteiger partial charge is 0.306 e. The second-order valence-corrected chi connectivity index (χ2v) is 6.63. The summed E-state index contributed by atoms with van der Waals surface area (Å²) in [6, 6.07) is 3.52. The molecule has 22 heavy (non-hydrogen) atoms. The summed E-state index contributed by atoms with van der Waals surface area (Å²) in [5.41, 5.74) is 2.05. The summed E-state index contributed by atoms with van der Waals surface area (Å²) in [6.45, 7) is 2.90. The first kappa shape index (κ1) is 15.7. The first-order valence-electron chi connectivity index (χ1n) is 7.29. The second kappa shape index (κ2) is 6.49. The predicted molar refractivity (Wildman–Crippen MR) is 86.7 cm³/mol. The maximum Gasteiger partial charge on any atom is 0.306 e. The van der Waals surface area contributed by atoms with Gasteiger partial charge in [-0.3, -0.25) is 9.69 Å². The van der Waals surface area contributed by atoms with E-state index in [2.05, 4.69) is 11.0 Å². The van der Waals surface area contributed by atoms with Crippen LogP contribution in [0.2, 0.25) is 10.0 Å². The van der Waals surface area contributed by atoms with Crippen LogP contribution in [0.4, 0.5) is 0 Å². The van der Waals surface area contributed by atoms with Gasteiger partial charge in [-0.15, -0.1) is 0 Å². The van der Waals surface area contributed by atoms with Crippen LogP contribution in [0.25, 0.3) is 6.08 Å². The Labute approximate surface area is 139 Å². The third-order valence-electron chi connectivity index (χ3n) is 4.16. The number of aliphatic carboxylic acids is 1. The molecule has 0 aromatic heterocycles. The van der Waals surface area contributed by atoms with Crippen LogP contribution in [-0.2, 0) is 4.79 Å². The van der Waals surface area contributed by atoms with Crippen LogP contribution in [-0.4, -0.2) is 42.2 Å². The number of rotatable bonds is 3. The molecule has 0 aliphatic carbocycles. The van der Waals surface area contributed by atoms with E-state index in [9.17, 15) is 4.79 Å². The summed E-state index contributed by atoms with van der Waals surface area (Å²) in [4.78, 5) is 13.2. The van der Waals surface area contributed by atoms with E-state index in [1.807, 2.05) is 6.07 Å². The quantitative estimate of drug-likeness (QED) is 0.912. The Hall–Kier alpha value is -1.23. The Kier molecular flexibility index (Phi) is 4.62. The maximum absolute atomic E-state index is 11.0. The average molecular weight is 342 g/mol. The Morgan fingerprint density at radius 2 is 2.05 bits per heavy atom. The van der Waals surface area contributed by atoms with Crippen molar-refractivity contribution in [3.63, 3.8) is 0 Å². The summed E-state index contributed by atoms with van der Waals surface area (Å²) in [7, 11) is 0. The van der Waals surface area contributed by atoms with E-state index in [-0.39, 0.29) is 5.92 Å². The van der Waals surface area contributed by atoms with Crippen LogP contribution in [0.15, 0.2) is 17.7 Å². The van der Waals surface area contributed by atoms with E-state index in [1.54, 1.807) is 6.07 Å². The minimum Gasteiger partial charge on any atom is -0.487 e. The van der Waals surface area contributed by atoms with Crippen LogP contribution in [0.3, 0.4) is 0 Å². The maximum atomic E-state index is 11.0. The van der Waals surface area contributed by atoms with Gasteiger partial charge in [-0.1, -0.05) is 23.2 Å². The van der Waals surface area contributed by atoms with Crippen molar-refractivity contribution in [2.45, 2.75) is 12.8 Å². The number of hydrogen-bond acceptors (Lipinski definition) is 3. The van der Waals surface area contributed by atoms with Crippen molar-refractivity contribution < 1.29 is 14.6 Å². The summed E-state index contributed by atoms with van der Waals surface area (Å²) in [6.07, 6.45) is 3.48. The van der Waals surface area contributed by atoms with Crippen molar-refractivity contribution in [2.24, 2.45) is 5.92 Å². The summed E-state index contributed by atoms with van der Waals surface area (Å²) in [5.74, 6) is -0.205. The normalized spacial score (nSPS) is 19.3. The first-order valence-corrected chi connectivity index (χ1v) is 8.05. The number of hydrogen-bond donors (Lipinski definition) is 1. The number of carboxylic acids is 1. The zero-order valence-electron chi connectivity index (χ0n) is 12.0. The summed E-state index contributed by atoms with van der Waals surface area (Å²) < 4.78 is 5.74. The summed E-state index contributed by atoms with van der Waals surface area (Å²) >= 11 is 12.2. The number of ether oxygens (including phenoxy) is 1. The van der Waals surface area contributed by atoms with Crippen molar-refractivity contribution in [3.8, 4) is 5.75 Å². The van der Waals surface area contributed by atoms with Gasteiger partial charge in [0.05, 0.1) is 10.9 Å². The van der Waals surface area contributed by atoms with E-state index in [0.717, 1.165) is 30.8 Å². The van der Waals surface area contributed by atoms with Gasteiger partial charge < -0.3 is 9.84 Å². The third kappa shape index (κ3) is 3.40. The van der Waals surface area contributed by atoms with Crippen molar-refractivity contribution in [2.75, 3.05) is 26.2 Å². The molecule has 2 aliphatic rings. The molecular formula is C16H17Cl2NO3. The number of nitrogens with zero attached hydrogens (tertiary/aromatic N) is 1. The van der Waals surface area contributed by atoms with Gasteiger partial charge in [0, 0.05) is 17.1 Å². The SMILES string of the molecule is O=C(O)C1CCN(CC2=Cc3cc(Cl)cc(Cl)c3OC2)CC1. The van der Waals surface area contributed by atoms with Gasteiger partial charge >= 0.3 is 5.97 Å². The molecule has 2 heterocycles. The van der Waals surface area contributed by atoms with Crippen molar-refractivity contribution in [1.29, 1.82) is 0 Å². The number of fused-ring (bicyclic) bond motifs is 1. The van der Waals surface area contributed by atoms with Gasteiger partial charge in [0.15, 0.2) is 0 Å². The average Bonchev–Trinajstić information content (AvgIpc) is 2.47. The van der Waals surface area contributed by atoms with E-state index in [0.29, 0.717) is 35.2 Å². The van der Waals surface area contributed by atoms with Gasteiger partial charge in [-0.2, -0.15) is 0 Å². The molecule has 118 valence electrons. The highest BCUT2D eigenvalue weighted by molar-refractivity contribution is 6.36. The number of halogens is 2. The minimum absolute atomic E-state index is 0.203. The highest BCUT2D eigenvalue weighted by Gasteiger charge is 2.25. The number of piperidine rings is 1. The molecule has 0 unspecified atom stereocenters. The zero-order valence-corrected chi connectivity index (χ0v) is 13.5. The molecule has 1 aromatic carbocycles. The Balaban J connectivity index is 1.67. The van der Waals surface area contributed by atoms with E-state index in [1.165, 1.54) is 0 Å². The fourth-order valence-corrected chi connectivity index (χ4v) is 3.55. The monoisotopic (exact) mass is 341 g/mol. The molecule has 2 aliphatic heterocycles. The standard InChI is InChI=1S/C16H17Cl2NO3/c17-13-6-12-5-10(9-22-15(12)14(18)7-13)8-19-3-1-11(2-4-19)16(20)21/h5-7,11H,1-4,8-9H2,(H,20,21). The largest absolute Gasteiger partial charge is 0.487 e. The summed E-state index contributed by atoms with van der Waals surface area (Å²) in [5, 5.41) is 10.2. The van der Waals surface area contributed by atoms with Crippen LogP contribution in [0.1, 0.15) is 18.4 Å². The van der Waals surface area contributed by atoms with Gasteiger partial charge in [-0.05, 0) is 49.7 Å². The van der Waals surface area contributed by atoms with E-state index >= 15 is 0 Å². The van der Waals surface area contributed by atoms with Gasteiger partial charge in [0.1, 0.15) is 12.4 Å². The van der Waals surface area contributed by atoms with E-state index in [4.69, 9.17) is 33.0 Å². The van der Waals surface area contributed by atoms with Crippen molar-refractivity contribution in [3.05, 3.63) is 33.3 Å². The highest BCUT2D eigenvalue weighted by atomic mass is 35.5. The molecule has 1 fully saturated rings. The lowest BCUT2D eigenvalue weighted by atomic mass is 9.96. The van der Waals surface area contributed by atoms with Gasteiger partial charge in [-0.25, -0.2) is 0 Å². The number of likely N-dealkylation sites (tertiary alicyclic amines) is 1. The van der Waals surface area contributed by atoms with Crippen molar-refractivity contribution in [1.82, 2.24) is 4.90 Å². The molecular weight excluding hydrogens is 325 g/mol. The van der Waals surface area contributed by atoms with Gasteiger partial charge in [0.2, 0.25) is 0 Å². The number of carbonyl (C=O) groups is 1. The van der Waals surface area contributed by atoms with Gasteiger partial charge in [0.25, 0.3) is 0 Å². The molecule has 3 rings (SSSR count). The lowest BCUT2D eigenvalue weighted by Crippen LogP contribution is -2.38. The molecule has 6 heteroatoms. The third-order valence-corrected chi connectivity index (χ3v) is 4.66. The molecule has 1 N–H and O–H groups in total. The highest BCUT2D eigenvalue weighted by Crippen LogP contribution is 2.36. The van der Waals surface area contributed by atoms with E-state index < -0.39 is 5.97 Å². The number of carboxylic acid groups (broad SMARTS) is 1. The molecule has 0 bridgehead atoms. The van der Waals surface area contributed by atoms with Crippen LogP contribution in [0, 0.1) is 5.92 Å². The molecule has 0 spiro atoms. The lowest BCUT2D eigenvalue weighted by molar-refractivity contribution is -0.143. The molecule has 0 amide bonds. The van der Waals surface area contributed by atoms with Crippen molar-refractivity contribution >= 4 is 35.2 Å². The lowest BCUT2D eigenvalue weighted by Gasteiger charge is -2.31. The van der Waals surface area contributed by atoms with Crippen LogP contribution >= 0.6 is 23.2 Å². The Morgan fingerprint density at radius 3 is 2.73 bits per heavy atom. The molecule has 0 atom stereocenters. The van der Waals surface area contributed by atoms with Crippen LogP contribution in [0.5, 0.6) is 5.75 Å². The fraction of sp³-hybridized carbons (Fsp3) is 0.438.